The number of aliphatic hydroxyl groups excluding tert-OH is 1. The van der Waals surface area contributed by atoms with E-state index >= 15 is 0 Å². The van der Waals surface area contributed by atoms with Crippen LogP contribution in [0, 0.1) is 5.92 Å². The monoisotopic (exact) mass is 279 g/mol. The lowest BCUT2D eigenvalue weighted by atomic mass is 9.88. The third-order valence-electron chi connectivity index (χ3n) is 4.45. The summed E-state index contributed by atoms with van der Waals surface area (Å²) in [4.78, 5) is 2.49. The second-order valence-corrected chi connectivity index (χ2v) is 6.03. The Hall–Kier alpha value is -0.870. The first-order chi connectivity index (χ1) is 9.72. The summed E-state index contributed by atoms with van der Waals surface area (Å²) in [5.41, 5.74) is 1.30. The Kier molecular flexibility index (Phi) is 6.05. The van der Waals surface area contributed by atoms with E-state index < -0.39 is 0 Å². The molecule has 1 atom stereocenters. The molecule has 1 aliphatic heterocycles. The molecule has 0 saturated carbocycles. The highest BCUT2D eigenvalue weighted by molar-refractivity contribution is 5.03. The van der Waals surface area contributed by atoms with Crippen LogP contribution in [0.15, 0.2) is 12.4 Å². The largest absolute Gasteiger partial charge is 0.393 e. The predicted octanol–water partition coefficient (Wildman–Crippen LogP) is 2.67. The van der Waals surface area contributed by atoms with Gasteiger partial charge < -0.3 is 5.11 Å². The molecule has 1 fully saturated rings. The summed E-state index contributed by atoms with van der Waals surface area (Å²) in [6.07, 6.45) is 9.60. The zero-order chi connectivity index (χ0) is 14.4. The number of likely N-dealkylation sites (tertiary alicyclic amines) is 1. The van der Waals surface area contributed by atoms with Crippen molar-refractivity contribution in [2.45, 2.75) is 65.1 Å². The van der Waals surface area contributed by atoms with Gasteiger partial charge in [0.1, 0.15) is 0 Å². The molecule has 0 aliphatic carbocycles. The molecule has 1 N–H and O–H groups in total. The predicted molar refractivity (Wildman–Crippen MR) is 81.4 cm³/mol. The summed E-state index contributed by atoms with van der Waals surface area (Å²) in [7, 11) is 0. The van der Waals surface area contributed by atoms with Gasteiger partial charge in [-0.3, -0.25) is 9.58 Å². The van der Waals surface area contributed by atoms with Gasteiger partial charge in [-0.15, -0.1) is 0 Å². The van der Waals surface area contributed by atoms with E-state index in [9.17, 15) is 5.11 Å². The van der Waals surface area contributed by atoms with Crippen LogP contribution < -0.4 is 0 Å². The van der Waals surface area contributed by atoms with Crippen molar-refractivity contribution in [3.63, 3.8) is 0 Å². The Bertz CT molecular complexity index is 383. The number of rotatable bonds is 7. The summed E-state index contributed by atoms with van der Waals surface area (Å²) in [5.74, 6) is 0.510. The van der Waals surface area contributed by atoms with Crippen molar-refractivity contribution in [1.82, 2.24) is 14.7 Å². The van der Waals surface area contributed by atoms with Crippen LogP contribution in [0.1, 0.15) is 51.5 Å². The lowest BCUT2D eigenvalue weighted by Crippen LogP contribution is -2.37. The summed E-state index contributed by atoms with van der Waals surface area (Å²) >= 11 is 0. The van der Waals surface area contributed by atoms with Crippen molar-refractivity contribution in [3.8, 4) is 0 Å². The highest BCUT2D eigenvalue weighted by atomic mass is 16.3. The van der Waals surface area contributed by atoms with E-state index in [-0.39, 0.29) is 6.10 Å². The molecule has 0 radical (unpaired) electrons. The molecule has 1 saturated heterocycles. The van der Waals surface area contributed by atoms with Crippen LogP contribution in [0.4, 0.5) is 0 Å². The Morgan fingerprint density at radius 2 is 2.10 bits per heavy atom. The fraction of sp³-hybridized carbons (Fsp3) is 0.812. The van der Waals surface area contributed by atoms with Gasteiger partial charge in [0.15, 0.2) is 0 Å². The van der Waals surface area contributed by atoms with Gasteiger partial charge in [0.25, 0.3) is 0 Å². The van der Waals surface area contributed by atoms with E-state index in [1.165, 1.54) is 12.0 Å². The molecule has 1 aliphatic rings. The Balaban J connectivity index is 1.73. The van der Waals surface area contributed by atoms with Crippen molar-refractivity contribution < 1.29 is 5.11 Å². The highest BCUT2D eigenvalue weighted by Gasteiger charge is 2.24. The number of hydrogen-bond donors (Lipinski definition) is 1. The molecule has 0 aromatic carbocycles. The van der Waals surface area contributed by atoms with Crippen LogP contribution >= 0.6 is 0 Å². The van der Waals surface area contributed by atoms with E-state index in [0.29, 0.717) is 5.92 Å². The minimum atomic E-state index is -0.0834. The summed E-state index contributed by atoms with van der Waals surface area (Å²) < 4.78 is 1.98. The number of nitrogens with zero attached hydrogens (tertiary/aromatic N) is 3. The van der Waals surface area contributed by atoms with Crippen molar-refractivity contribution >= 4 is 0 Å². The van der Waals surface area contributed by atoms with Crippen LogP contribution in [0.25, 0.3) is 0 Å². The van der Waals surface area contributed by atoms with Gasteiger partial charge in [-0.05, 0) is 45.2 Å². The molecule has 20 heavy (non-hydrogen) atoms. The lowest BCUT2D eigenvalue weighted by Gasteiger charge is -2.34. The Morgan fingerprint density at radius 3 is 2.70 bits per heavy atom. The van der Waals surface area contributed by atoms with Gasteiger partial charge in [-0.25, -0.2) is 0 Å². The van der Waals surface area contributed by atoms with Gasteiger partial charge in [0.05, 0.1) is 12.3 Å². The van der Waals surface area contributed by atoms with E-state index in [1.807, 2.05) is 10.9 Å². The molecule has 0 spiro atoms. The maximum absolute atomic E-state index is 10.2. The van der Waals surface area contributed by atoms with Gasteiger partial charge in [-0.1, -0.05) is 19.8 Å². The molecule has 1 aromatic heterocycles. The second kappa shape index (κ2) is 7.79. The topological polar surface area (TPSA) is 41.3 Å². The second-order valence-electron chi connectivity index (χ2n) is 6.03. The van der Waals surface area contributed by atoms with Crippen LogP contribution in [0.2, 0.25) is 0 Å². The van der Waals surface area contributed by atoms with Crippen LogP contribution in [-0.2, 0) is 13.1 Å². The molecule has 114 valence electrons. The van der Waals surface area contributed by atoms with Crippen molar-refractivity contribution in [2.24, 2.45) is 5.92 Å². The number of hydrogen-bond acceptors (Lipinski definition) is 3. The van der Waals surface area contributed by atoms with Crippen LogP contribution in [-0.4, -0.2) is 39.0 Å². The SMILES string of the molecule is CCCC[C@H](O)C1CCN(Cc2cnn(CC)c2)CC1. The van der Waals surface area contributed by atoms with E-state index in [0.717, 1.165) is 51.9 Å². The van der Waals surface area contributed by atoms with Crippen LogP contribution in [0.3, 0.4) is 0 Å². The fourth-order valence-electron chi connectivity index (χ4n) is 3.06. The van der Waals surface area contributed by atoms with Gasteiger partial charge in [0, 0.05) is 24.8 Å². The molecular formula is C16H29N3O. The molecule has 1 aromatic rings. The van der Waals surface area contributed by atoms with E-state index in [2.05, 4.69) is 30.0 Å². The zero-order valence-electron chi connectivity index (χ0n) is 13.0. The zero-order valence-corrected chi connectivity index (χ0v) is 13.0. The first kappa shape index (κ1) is 15.5. The van der Waals surface area contributed by atoms with Crippen molar-refractivity contribution in [2.75, 3.05) is 13.1 Å². The van der Waals surface area contributed by atoms with Gasteiger partial charge in [0.2, 0.25) is 0 Å². The van der Waals surface area contributed by atoms with Gasteiger partial charge in [-0.2, -0.15) is 5.10 Å². The minimum Gasteiger partial charge on any atom is -0.393 e. The van der Waals surface area contributed by atoms with Crippen LogP contribution in [0.5, 0.6) is 0 Å². The maximum Gasteiger partial charge on any atom is 0.0569 e. The summed E-state index contributed by atoms with van der Waals surface area (Å²) in [6, 6.07) is 0. The third-order valence-corrected chi connectivity index (χ3v) is 4.45. The Labute approximate surface area is 122 Å². The van der Waals surface area contributed by atoms with Crippen molar-refractivity contribution in [1.29, 1.82) is 0 Å². The van der Waals surface area contributed by atoms with E-state index in [1.54, 1.807) is 0 Å². The smallest absolute Gasteiger partial charge is 0.0569 e. The quantitative estimate of drug-likeness (QED) is 0.834. The first-order valence-electron chi connectivity index (χ1n) is 8.14. The molecular weight excluding hydrogens is 250 g/mol. The summed E-state index contributed by atoms with van der Waals surface area (Å²) in [6.45, 7) is 8.44. The molecule has 2 rings (SSSR count). The molecule has 2 heterocycles. The average molecular weight is 279 g/mol. The molecule has 0 unspecified atom stereocenters. The maximum atomic E-state index is 10.2. The van der Waals surface area contributed by atoms with Gasteiger partial charge >= 0.3 is 0 Å². The third kappa shape index (κ3) is 4.32. The number of aryl methyl sites for hydroxylation is 1. The minimum absolute atomic E-state index is 0.0834. The van der Waals surface area contributed by atoms with E-state index in [4.69, 9.17) is 0 Å². The molecule has 0 amide bonds. The number of aromatic nitrogens is 2. The number of piperidine rings is 1. The highest BCUT2D eigenvalue weighted by Crippen LogP contribution is 2.24. The fourth-order valence-corrected chi connectivity index (χ4v) is 3.06. The first-order valence-corrected chi connectivity index (χ1v) is 8.14. The average Bonchev–Trinajstić information content (AvgIpc) is 2.93. The number of aliphatic hydroxyl groups is 1. The molecule has 4 nitrogen and oxygen atoms in total. The molecule has 0 bridgehead atoms. The normalized spacial score (nSPS) is 19.4. The van der Waals surface area contributed by atoms with Crippen molar-refractivity contribution in [3.05, 3.63) is 18.0 Å². The number of unbranched alkanes of at least 4 members (excludes halogenated alkanes) is 1. The summed E-state index contributed by atoms with van der Waals surface area (Å²) in [5, 5.41) is 14.5. The standard InChI is InChI=1S/C16H29N3O/c1-3-5-6-16(20)15-7-9-18(10-8-15)12-14-11-17-19(4-2)13-14/h11,13,15-16,20H,3-10,12H2,1-2H3/t16-/m0/s1. The Morgan fingerprint density at radius 1 is 1.35 bits per heavy atom. The molecule has 4 heteroatoms. The lowest BCUT2D eigenvalue weighted by molar-refractivity contribution is 0.0503.